The zero-order valence-corrected chi connectivity index (χ0v) is 12.1. The molecule has 3 heterocycles. The summed E-state index contributed by atoms with van der Waals surface area (Å²) >= 11 is 0. The van der Waals surface area contributed by atoms with Gasteiger partial charge in [-0.2, -0.15) is 4.39 Å². The molecule has 1 fully saturated rings. The molecule has 5 nitrogen and oxygen atoms in total. The summed E-state index contributed by atoms with van der Waals surface area (Å²) in [6.45, 7) is 1.35. The van der Waals surface area contributed by atoms with Gasteiger partial charge in [-0.15, -0.1) is 0 Å². The van der Waals surface area contributed by atoms with Crippen molar-refractivity contribution in [3.8, 4) is 0 Å². The average molecular weight is 300 g/mol. The molecule has 3 rings (SSSR count). The van der Waals surface area contributed by atoms with Crippen LogP contribution in [0.5, 0.6) is 0 Å². The van der Waals surface area contributed by atoms with Crippen LogP contribution in [0.25, 0.3) is 0 Å². The summed E-state index contributed by atoms with van der Waals surface area (Å²) in [6, 6.07) is 8.36. The number of nitrogens with zero attached hydrogens (tertiary/aromatic N) is 3. The number of piperidine rings is 1. The fourth-order valence-electron chi connectivity index (χ4n) is 2.60. The Morgan fingerprint density at radius 3 is 2.59 bits per heavy atom. The number of amides is 1. The first-order valence-electron chi connectivity index (χ1n) is 7.31. The normalized spacial score (nSPS) is 15.6. The quantitative estimate of drug-likeness (QED) is 0.884. The molecule has 1 amide bonds. The Morgan fingerprint density at radius 1 is 1.18 bits per heavy atom. The lowest BCUT2D eigenvalue weighted by molar-refractivity contribution is 0.0718. The molecule has 0 radical (unpaired) electrons. The number of hydrogen-bond acceptors (Lipinski definition) is 4. The van der Waals surface area contributed by atoms with Crippen LogP contribution in [0, 0.1) is 5.95 Å². The Labute approximate surface area is 128 Å². The molecule has 0 aromatic carbocycles. The van der Waals surface area contributed by atoms with Gasteiger partial charge < -0.3 is 10.2 Å². The van der Waals surface area contributed by atoms with Crippen LogP contribution in [0.15, 0.2) is 42.7 Å². The maximum absolute atomic E-state index is 13.1. The number of anilines is 1. The second-order valence-corrected chi connectivity index (χ2v) is 5.29. The molecule has 2 aromatic heterocycles. The Morgan fingerprint density at radius 2 is 1.91 bits per heavy atom. The Hall–Kier alpha value is -2.50. The van der Waals surface area contributed by atoms with Crippen molar-refractivity contribution in [3.63, 3.8) is 0 Å². The van der Waals surface area contributed by atoms with Gasteiger partial charge in [0.05, 0.1) is 0 Å². The zero-order chi connectivity index (χ0) is 15.4. The number of aromatic nitrogens is 2. The fraction of sp³-hybridized carbons (Fsp3) is 0.312. The van der Waals surface area contributed by atoms with Crippen LogP contribution < -0.4 is 5.32 Å². The number of hydrogen-bond donors (Lipinski definition) is 1. The van der Waals surface area contributed by atoms with Crippen molar-refractivity contribution in [1.82, 2.24) is 14.9 Å². The van der Waals surface area contributed by atoms with E-state index in [1.165, 1.54) is 6.07 Å². The highest BCUT2D eigenvalue weighted by molar-refractivity contribution is 5.94. The predicted molar refractivity (Wildman–Crippen MR) is 81.0 cm³/mol. The van der Waals surface area contributed by atoms with Gasteiger partial charge in [-0.3, -0.25) is 9.78 Å². The molecule has 0 unspecified atom stereocenters. The highest BCUT2D eigenvalue weighted by Gasteiger charge is 2.23. The lowest BCUT2D eigenvalue weighted by Crippen LogP contribution is -2.42. The van der Waals surface area contributed by atoms with E-state index in [1.54, 1.807) is 36.7 Å². The average Bonchev–Trinajstić information content (AvgIpc) is 2.56. The lowest BCUT2D eigenvalue weighted by Gasteiger charge is -2.32. The number of pyridine rings is 2. The Balaban J connectivity index is 1.55. The molecule has 1 aliphatic rings. The second kappa shape index (κ2) is 6.51. The van der Waals surface area contributed by atoms with Crippen molar-refractivity contribution in [3.05, 3.63) is 54.2 Å². The first-order chi connectivity index (χ1) is 10.7. The zero-order valence-electron chi connectivity index (χ0n) is 12.1. The molecule has 6 heteroatoms. The summed E-state index contributed by atoms with van der Waals surface area (Å²) in [5.41, 5.74) is 0.660. The molecule has 0 saturated carbocycles. The van der Waals surface area contributed by atoms with Gasteiger partial charge in [0.25, 0.3) is 5.91 Å². The number of halogens is 1. The van der Waals surface area contributed by atoms with Crippen LogP contribution >= 0.6 is 0 Å². The first kappa shape index (κ1) is 14.4. The molecule has 22 heavy (non-hydrogen) atoms. The Kier molecular flexibility index (Phi) is 4.27. The van der Waals surface area contributed by atoms with E-state index in [-0.39, 0.29) is 11.9 Å². The van der Waals surface area contributed by atoms with E-state index < -0.39 is 5.95 Å². The SMILES string of the molecule is O=C(c1ccncc1)N1CCC(Nc2cccc(F)n2)CC1. The van der Waals surface area contributed by atoms with Gasteiger partial charge in [-0.05, 0) is 37.1 Å². The van der Waals surface area contributed by atoms with Gasteiger partial charge >= 0.3 is 0 Å². The van der Waals surface area contributed by atoms with Crippen LogP contribution in [-0.4, -0.2) is 39.9 Å². The van der Waals surface area contributed by atoms with Crippen molar-refractivity contribution >= 4 is 11.7 Å². The van der Waals surface area contributed by atoms with Crippen molar-refractivity contribution in [2.45, 2.75) is 18.9 Å². The van der Waals surface area contributed by atoms with Crippen LogP contribution in [0.3, 0.4) is 0 Å². The molecule has 1 N–H and O–H groups in total. The van der Waals surface area contributed by atoms with E-state index in [0.717, 1.165) is 12.8 Å². The minimum Gasteiger partial charge on any atom is -0.367 e. The molecular weight excluding hydrogens is 283 g/mol. The molecular formula is C16H17FN4O. The second-order valence-electron chi connectivity index (χ2n) is 5.29. The number of carbonyl (C=O) groups excluding carboxylic acids is 1. The molecule has 2 aromatic rings. The minimum absolute atomic E-state index is 0.0322. The smallest absolute Gasteiger partial charge is 0.253 e. The number of nitrogens with one attached hydrogen (secondary N) is 1. The standard InChI is InChI=1S/C16H17FN4O/c17-14-2-1-3-15(20-14)19-13-6-10-21(11-7-13)16(22)12-4-8-18-9-5-12/h1-5,8-9,13H,6-7,10-11H2,(H,19,20). The molecule has 1 saturated heterocycles. The summed E-state index contributed by atoms with van der Waals surface area (Å²) in [6.07, 6.45) is 4.87. The van der Waals surface area contributed by atoms with Crippen molar-refractivity contribution < 1.29 is 9.18 Å². The van der Waals surface area contributed by atoms with Gasteiger partial charge in [-0.1, -0.05) is 6.07 Å². The number of carbonyl (C=O) groups is 1. The van der Waals surface area contributed by atoms with E-state index in [9.17, 15) is 9.18 Å². The highest BCUT2D eigenvalue weighted by Crippen LogP contribution is 2.17. The van der Waals surface area contributed by atoms with Gasteiger partial charge in [-0.25, -0.2) is 4.98 Å². The van der Waals surface area contributed by atoms with Crippen LogP contribution in [-0.2, 0) is 0 Å². The molecule has 0 aliphatic carbocycles. The minimum atomic E-state index is -0.490. The summed E-state index contributed by atoms with van der Waals surface area (Å²) in [5.74, 6) is 0.0824. The molecule has 0 atom stereocenters. The van der Waals surface area contributed by atoms with E-state index in [0.29, 0.717) is 24.5 Å². The van der Waals surface area contributed by atoms with E-state index >= 15 is 0 Å². The number of rotatable bonds is 3. The van der Waals surface area contributed by atoms with Crippen molar-refractivity contribution in [2.24, 2.45) is 0 Å². The van der Waals surface area contributed by atoms with Crippen LogP contribution in [0.2, 0.25) is 0 Å². The molecule has 0 bridgehead atoms. The third kappa shape index (κ3) is 3.39. The topological polar surface area (TPSA) is 58.1 Å². The summed E-state index contributed by atoms with van der Waals surface area (Å²) in [5, 5.41) is 3.22. The monoisotopic (exact) mass is 300 g/mol. The maximum atomic E-state index is 13.1. The van der Waals surface area contributed by atoms with Crippen LogP contribution in [0.1, 0.15) is 23.2 Å². The lowest BCUT2D eigenvalue weighted by atomic mass is 10.0. The molecule has 0 spiro atoms. The molecule has 1 aliphatic heterocycles. The summed E-state index contributed by atoms with van der Waals surface area (Å²) < 4.78 is 13.1. The third-order valence-electron chi connectivity index (χ3n) is 3.78. The molecule has 114 valence electrons. The number of likely N-dealkylation sites (tertiary alicyclic amines) is 1. The highest BCUT2D eigenvalue weighted by atomic mass is 19.1. The maximum Gasteiger partial charge on any atom is 0.253 e. The van der Waals surface area contributed by atoms with Gasteiger partial charge in [0, 0.05) is 37.1 Å². The largest absolute Gasteiger partial charge is 0.367 e. The Bertz CT molecular complexity index is 642. The van der Waals surface area contributed by atoms with Crippen molar-refractivity contribution in [2.75, 3.05) is 18.4 Å². The van der Waals surface area contributed by atoms with E-state index in [1.807, 2.05) is 4.90 Å². The summed E-state index contributed by atoms with van der Waals surface area (Å²) in [4.78, 5) is 21.9. The predicted octanol–water partition coefficient (Wildman–Crippen LogP) is 2.33. The van der Waals surface area contributed by atoms with Gasteiger partial charge in [0.15, 0.2) is 0 Å². The first-order valence-corrected chi connectivity index (χ1v) is 7.31. The summed E-state index contributed by atoms with van der Waals surface area (Å²) in [7, 11) is 0. The van der Waals surface area contributed by atoms with E-state index in [2.05, 4.69) is 15.3 Å². The fourth-order valence-corrected chi connectivity index (χ4v) is 2.60. The van der Waals surface area contributed by atoms with E-state index in [4.69, 9.17) is 0 Å². The van der Waals surface area contributed by atoms with Crippen LogP contribution in [0.4, 0.5) is 10.2 Å². The van der Waals surface area contributed by atoms with Gasteiger partial charge in [0.1, 0.15) is 5.82 Å². The third-order valence-corrected chi connectivity index (χ3v) is 3.78. The van der Waals surface area contributed by atoms with Crippen molar-refractivity contribution in [1.29, 1.82) is 0 Å². The van der Waals surface area contributed by atoms with Gasteiger partial charge in [0.2, 0.25) is 5.95 Å².